The van der Waals surface area contributed by atoms with Crippen molar-refractivity contribution in [3.8, 4) is 6.07 Å². The van der Waals surface area contributed by atoms with Crippen molar-refractivity contribution in [2.75, 3.05) is 5.32 Å². The molecule has 1 unspecified atom stereocenters. The van der Waals surface area contributed by atoms with Crippen molar-refractivity contribution < 1.29 is 19.8 Å². The van der Waals surface area contributed by atoms with Crippen LogP contribution in [0, 0.1) is 11.3 Å². The second-order valence-corrected chi connectivity index (χ2v) is 5.14. The Balaban J connectivity index is 2.31. The summed E-state index contributed by atoms with van der Waals surface area (Å²) in [4.78, 5) is 23.5. The summed E-state index contributed by atoms with van der Waals surface area (Å²) < 4.78 is 0. The van der Waals surface area contributed by atoms with Gasteiger partial charge >= 0.3 is 5.97 Å². The predicted octanol–water partition coefficient (Wildman–Crippen LogP) is 2.95. The summed E-state index contributed by atoms with van der Waals surface area (Å²) in [6.45, 7) is 1.80. The van der Waals surface area contributed by atoms with Gasteiger partial charge in [-0.25, -0.2) is 4.79 Å². The highest BCUT2D eigenvalue weighted by atomic mass is 16.4. The molecule has 2 aromatic carbocycles. The summed E-state index contributed by atoms with van der Waals surface area (Å²) in [5, 5.41) is 30.8. The monoisotopic (exact) mass is 324 g/mol. The summed E-state index contributed by atoms with van der Waals surface area (Å²) in [6, 6.07) is 12.5. The first-order valence-electron chi connectivity index (χ1n) is 7.33. The maximum Gasteiger partial charge on any atom is 0.336 e. The molecule has 2 rings (SSSR count). The van der Waals surface area contributed by atoms with Gasteiger partial charge in [0.25, 0.3) is 5.91 Å². The van der Waals surface area contributed by atoms with Crippen LogP contribution in [-0.2, 0) is 0 Å². The number of rotatable bonds is 5. The Labute approximate surface area is 139 Å². The maximum absolute atomic E-state index is 12.3. The summed E-state index contributed by atoms with van der Waals surface area (Å²) in [5.74, 6) is -1.78. The van der Waals surface area contributed by atoms with Gasteiger partial charge in [0.2, 0.25) is 0 Å². The lowest BCUT2D eigenvalue weighted by molar-refractivity contribution is 0.0692. The molecule has 0 fully saturated rings. The van der Waals surface area contributed by atoms with Crippen molar-refractivity contribution in [2.45, 2.75) is 19.4 Å². The minimum atomic E-state index is -1.19. The number of nitriles is 1. The number of aliphatic hydroxyl groups is 1. The van der Waals surface area contributed by atoms with Crippen LogP contribution < -0.4 is 5.32 Å². The van der Waals surface area contributed by atoms with Gasteiger partial charge in [0.1, 0.15) is 0 Å². The van der Waals surface area contributed by atoms with Crippen LogP contribution in [0.15, 0.2) is 42.5 Å². The summed E-state index contributed by atoms with van der Waals surface area (Å²) in [6.07, 6.45) is -0.288. The SMILES string of the molecule is CCC(O)c1ccc(NC(=O)c2ccccc2C(=O)O)cc1C#N. The fraction of sp³-hybridized carbons (Fsp3) is 0.167. The third-order valence-corrected chi connectivity index (χ3v) is 3.58. The van der Waals surface area contributed by atoms with Gasteiger partial charge in [-0.05, 0) is 36.2 Å². The Morgan fingerprint density at radius 3 is 2.46 bits per heavy atom. The number of amides is 1. The number of anilines is 1. The average Bonchev–Trinajstić information content (AvgIpc) is 2.60. The van der Waals surface area contributed by atoms with Crippen molar-refractivity contribution in [1.29, 1.82) is 5.26 Å². The molecule has 0 aliphatic rings. The number of carboxylic acid groups (broad SMARTS) is 1. The quantitative estimate of drug-likeness (QED) is 0.783. The molecule has 0 heterocycles. The molecule has 6 nitrogen and oxygen atoms in total. The Hall–Kier alpha value is -3.17. The Bertz CT molecular complexity index is 824. The van der Waals surface area contributed by atoms with E-state index < -0.39 is 18.0 Å². The van der Waals surface area contributed by atoms with Gasteiger partial charge in [0, 0.05) is 5.69 Å². The molecule has 24 heavy (non-hydrogen) atoms. The van der Waals surface area contributed by atoms with Crippen molar-refractivity contribution in [2.24, 2.45) is 0 Å². The average molecular weight is 324 g/mol. The van der Waals surface area contributed by atoms with E-state index in [4.69, 9.17) is 5.11 Å². The van der Waals surface area contributed by atoms with Crippen LogP contribution in [0.1, 0.15) is 51.3 Å². The fourth-order valence-corrected chi connectivity index (χ4v) is 2.31. The predicted molar refractivity (Wildman–Crippen MR) is 87.8 cm³/mol. The van der Waals surface area contributed by atoms with Crippen molar-refractivity contribution in [3.63, 3.8) is 0 Å². The van der Waals surface area contributed by atoms with E-state index in [1.165, 1.54) is 24.3 Å². The molecule has 2 aromatic rings. The van der Waals surface area contributed by atoms with E-state index in [2.05, 4.69) is 5.32 Å². The molecule has 3 N–H and O–H groups in total. The zero-order chi connectivity index (χ0) is 17.7. The number of nitrogens with one attached hydrogen (secondary N) is 1. The molecule has 0 radical (unpaired) electrons. The Morgan fingerprint density at radius 1 is 1.21 bits per heavy atom. The lowest BCUT2D eigenvalue weighted by Gasteiger charge is -2.12. The first-order valence-corrected chi connectivity index (χ1v) is 7.33. The van der Waals surface area contributed by atoms with Gasteiger partial charge in [-0.2, -0.15) is 5.26 Å². The van der Waals surface area contributed by atoms with Crippen LogP contribution in [0.3, 0.4) is 0 Å². The molecule has 1 atom stereocenters. The zero-order valence-electron chi connectivity index (χ0n) is 13.0. The van der Waals surface area contributed by atoms with Gasteiger partial charge in [-0.15, -0.1) is 0 Å². The zero-order valence-corrected chi connectivity index (χ0v) is 13.0. The minimum absolute atomic E-state index is 0.0289. The summed E-state index contributed by atoms with van der Waals surface area (Å²) >= 11 is 0. The number of carbonyl (C=O) groups is 2. The lowest BCUT2D eigenvalue weighted by atomic mass is 10.0. The highest BCUT2D eigenvalue weighted by Crippen LogP contribution is 2.24. The van der Waals surface area contributed by atoms with Crippen molar-refractivity contribution >= 4 is 17.6 Å². The molecule has 0 aromatic heterocycles. The Morgan fingerprint density at radius 2 is 1.88 bits per heavy atom. The van der Waals surface area contributed by atoms with Crippen molar-refractivity contribution in [1.82, 2.24) is 0 Å². The number of nitrogens with zero attached hydrogens (tertiary/aromatic N) is 1. The van der Waals surface area contributed by atoms with Crippen LogP contribution in [-0.4, -0.2) is 22.1 Å². The van der Waals surface area contributed by atoms with E-state index in [0.29, 0.717) is 17.7 Å². The van der Waals surface area contributed by atoms with E-state index in [9.17, 15) is 20.0 Å². The van der Waals surface area contributed by atoms with Gasteiger partial charge in [0.15, 0.2) is 0 Å². The van der Waals surface area contributed by atoms with Crippen molar-refractivity contribution in [3.05, 3.63) is 64.7 Å². The Kier molecular flexibility index (Phi) is 5.30. The second kappa shape index (κ2) is 7.40. The summed E-state index contributed by atoms with van der Waals surface area (Å²) in [7, 11) is 0. The molecular weight excluding hydrogens is 308 g/mol. The maximum atomic E-state index is 12.3. The molecule has 0 bridgehead atoms. The first kappa shape index (κ1) is 17.2. The van der Waals surface area contributed by atoms with E-state index >= 15 is 0 Å². The number of carboxylic acids is 1. The standard InChI is InChI=1S/C18H16N2O4/c1-2-16(21)13-8-7-12(9-11(13)10-19)20-17(22)14-5-3-4-6-15(14)18(23)24/h3-9,16,21H,2H2,1H3,(H,20,22)(H,23,24). The molecule has 122 valence electrons. The number of hydrogen-bond acceptors (Lipinski definition) is 4. The molecular formula is C18H16N2O4. The highest BCUT2D eigenvalue weighted by Gasteiger charge is 2.17. The third-order valence-electron chi connectivity index (χ3n) is 3.58. The molecule has 0 saturated carbocycles. The largest absolute Gasteiger partial charge is 0.478 e. The van der Waals surface area contributed by atoms with Crippen LogP contribution in [0.4, 0.5) is 5.69 Å². The number of carbonyl (C=O) groups excluding carboxylic acids is 1. The molecule has 0 saturated heterocycles. The van der Waals surface area contributed by atoms with Gasteiger partial charge in [-0.3, -0.25) is 4.79 Å². The molecule has 0 aliphatic carbocycles. The molecule has 6 heteroatoms. The number of hydrogen-bond donors (Lipinski definition) is 3. The number of aromatic carboxylic acids is 1. The van der Waals surface area contributed by atoms with E-state index in [1.807, 2.05) is 6.07 Å². The topological polar surface area (TPSA) is 110 Å². The highest BCUT2D eigenvalue weighted by molar-refractivity contribution is 6.10. The van der Waals surface area contributed by atoms with Gasteiger partial charge < -0.3 is 15.5 Å². The van der Waals surface area contributed by atoms with Crippen LogP contribution in [0.25, 0.3) is 0 Å². The van der Waals surface area contributed by atoms with E-state index in [1.54, 1.807) is 25.1 Å². The smallest absolute Gasteiger partial charge is 0.336 e. The van der Waals surface area contributed by atoms with E-state index in [-0.39, 0.29) is 16.7 Å². The van der Waals surface area contributed by atoms with Gasteiger partial charge in [-0.1, -0.05) is 25.1 Å². The fourth-order valence-electron chi connectivity index (χ4n) is 2.31. The molecule has 0 aliphatic heterocycles. The number of aliphatic hydroxyl groups excluding tert-OH is 1. The minimum Gasteiger partial charge on any atom is -0.478 e. The van der Waals surface area contributed by atoms with Gasteiger partial charge in [0.05, 0.1) is 28.9 Å². The molecule has 1 amide bonds. The van der Waals surface area contributed by atoms with Crippen LogP contribution >= 0.6 is 0 Å². The molecule has 0 spiro atoms. The second-order valence-electron chi connectivity index (χ2n) is 5.14. The third kappa shape index (κ3) is 3.59. The van der Waals surface area contributed by atoms with E-state index in [0.717, 1.165) is 0 Å². The lowest BCUT2D eigenvalue weighted by Crippen LogP contribution is -2.16. The normalized spacial score (nSPS) is 11.4. The number of benzene rings is 2. The van der Waals surface area contributed by atoms with Crippen LogP contribution in [0.2, 0.25) is 0 Å². The first-order chi connectivity index (χ1) is 11.5. The van der Waals surface area contributed by atoms with Crippen LogP contribution in [0.5, 0.6) is 0 Å². The summed E-state index contributed by atoms with van der Waals surface area (Å²) in [5.41, 5.74) is 1.02.